The summed E-state index contributed by atoms with van der Waals surface area (Å²) in [5.41, 5.74) is -0.284. The van der Waals surface area contributed by atoms with E-state index in [1.165, 1.54) is 15.7 Å². The van der Waals surface area contributed by atoms with Crippen LogP contribution in [0, 0.1) is 0 Å². The van der Waals surface area contributed by atoms with Gasteiger partial charge in [0.2, 0.25) is 0 Å². The Balaban J connectivity index is 2.22. The van der Waals surface area contributed by atoms with E-state index >= 15 is 0 Å². The summed E-state index contributed by atoms with van der Waals surface area (Å²) >= 11 is 5.28. The molecule has 1 heterocycles. The van der Waals surface area contributed by atoms with Crippen molar-refractivity contribution in [3.8, 4) is 11.4 Å². The molecule has 0 bridgehead atoms. The van der Waals surface area contributed by atoms with Gasteiger partial charge in [0.1, 0.15) is 0 Å². The van der Waals surface area contributed by atoms with E-state index < -0.39 is 26.8 Å². The summed E-state index contributed by atoms with van der Waals surface area (Å²) in [4.78, 5) is 12.4. The van der Waals surface area contributed by atoms with Gasteiger partial charge < -0.3 is 0 Å². The van der Waals surface area contributed by atoms with Gasteiger partial charge >= 0.3 is 133 Å². The zero-order chi connectivity index (χ0) is 15.9. The van der Waals surface area contributed by atoms with Crippen molar-refractivity contribution in [1.29, 1.82) is 0 Å². The number of hydrogen-bond acceptors (Lipinski definition) is 2. The van der Waals surface area contributed by atoms with Crippen molar-refractivity contribution >= 4 is 36.0 Å². The summed E-state index contributed by atoms with van der Waals surface area (Å²) in [6, 6.07) is 10.8. The molecule has 0 N–H and O–H groups in total. The Morgan fingerprint density at radius 1 is 1.14 bits per heavy atom. The zero-order valence-corrected chi connectivity index (χ0v) is 13.2. The molecule has 2 aromatic carbocycles. The van der Waals surface area contributed by atoms with E-state index in [1.54, 1.807) is 24.3 Å². The molecule has 3 rings (SSSR count). The van der Waals surface area contributed by atoms with E-state index in [-0.39, 0.29) is 16.3 Å². The van der Waals surface area contributed by atoms with Crippen molar-refractivity contribution in [1.82, 2.24) is 3.56 Å². The van der Waals surface area contributed by atoms with E-state index in [9.17, 15) is 18.0 Å². The van der Waals surface area contributed by atoms with Gasteiger partial charge in [0.25, 0.3) is 0 Å². The third-order valence-corrected chi connectivity index (χ3v) is 5.40. The Kier molecular flexibility index (Phi) is 3.80. The monoisotopic (exact) mass is 393 g/mol. The van der Waals surface area contributed by atoms with Crippen molar-refractivity contribution in [3.63, 3.8) is 0 Å². The topological polar surface area (TPSA) is 31.2 Å². The summed E-state index contributed by atoms with van der Waals surface area (Å²) in [7, 11) is 0. The molecule has 0 aliphatic heterocycles. The summed E-state index contributed by atoms with van der Waals surface area (Å²) in [5, 5.41) is 0.593. The van der Waals surface area contributed by atoms with Crippen molar-refractivity contribution in [2.75, 3.05) is 0 Å². The molecule has 3 nitrogen and oxygen atoms in total. The SMILES string of the molecule is O=c1c2ccccc2[se]n1-c1ccc(Cl)cc1OC(F)(F)F. The fraction of sp³-hybridized carbons (Fsp3) is 0.0714. The number of rotatable bonds is 2. The first-order chi connectivity index (χ1) is 10.3. The van der Waals surface area contributed by atoms with Crippen molar-refractivity contribution < 1.29 is 17.9 Å². The first-order valence-electron chi connectivity index (χ1n) is 6.02. The second-order valence-corrected chi connectivity index (χ2v) is 6.86. The number of fused-ring (bicyclic) bond motifs is 1. The number of aromatic nitrogens is 1. The van der Waals surface area contributed by atoms with Gasteiger partial charge in [-0.15, -0.1) is 0 Å². The van der Waals surface area contributed by atoms with Gasteiger partial charge in [0.15, 0.2) is 0 Å². The molecular weight excluding hydrogens is 386 g/mol. The average molecular weight is 393 g/mol. The van der Waals surface area contributed by atoms with Gasteiger partial charge in [-0.2, -0.15) is 0 Å². The fourth-order valence-corrected chi connectivity index (χ4v) is 4.30. The standard InChI is InChI=1S/C14H7ClF3NO2Se/c15-8-5-6-10(11(7-8)21-14(16,17)18)19-13(20)9-3-1-2-4-12(9)22-19/h1-7H. The van der Waals surface area contributed by atoms with E-state index in [0.717, 1.165) is 10.3 Å². The zero-order valence-electron chi connectivity index (χ0n) is 10.7. The minimum atomic E-state index is -4.86. The molecule has 3 aromatic rings. The predicted molar refractivity (Wildman–Crippen MR) is 78.2 cm³/mol. The molecule has 114 valence electrons. The van der Waals surface area contributed by atoms with E-state index in [0.29, 0.717) is 5.39 Å². The quantitative estimate of drug-likeness (QED) is 0.624. The Hall–Kier alpha value is -1.69. The van der Waals surface area contributed by atoms with E-state index in [4.69, 9.17) is 11.6 Å². The van der Waals surface area contributed by atoms with Crippen LogP contribution in [0.3, 0.4) is 0 Å². The summed E-state index contributed by atoms with van der Waals surface area (Å²) in [6.07, 6.45) is -4.86. The number of ether oxygens (including phenoxy) is 1. The van der Waals surface area contributed by atoms with Crippen molar-refractivity contribution in [3.05, 3.63) is 57.8 Å². The second-order valence-electron chi connectivity index (χ2n) is 4.35. The molecule has 0 saturated carbocycles. The Bertz CT molecular complexity index is 901. The Morgan fingerprint density at radius 3 is 2.55 bits per heavy atom. The molecule has 1 aromatic heterocycles. The number of alkyl halides is 3. The van der Waals surface area contributed by atoms with E-state index in [1.807, 2.05) is 0 Å². The summed E-state index contributed by atoms with van der Waals surface area (Å²) in [6.45, 7) is 0. The van der Waals surface area contributed by atoms with Gasteiger partial charge in [-0.25, -0.2) is 0 Å². The van der Waals surface area contributed by atoms with Crippen LogP contribution < -0.4 is 10.3 Å². The molecule has 0 amide bonds. The number of halogens is 4. The maximum absolute atomic E-state index is 12.5. The minimum absolute atomic E-state index is 0.0583. The predicted octanol–water partition coefficient (Wildman–Crippen LogP) is 3.60. The van der Waals surface area contributed by atoms with Crippen LogP contribution in [0.25, 0.3) is 15.3 Å². The summed E-state index contributed by atoms with van der Waals surface area (Å²) < 4.78 is 43.7. The molecule has 0 aliphatic rings. The molecule has 0 radical (unpaired) electrons. The van der Waals surface area contributed by atoms with Crippen LogP contribution in [0.5, 0.6) is 5.75 Å². The number of nitrogens with zero attached hydrogens (tertiary/aromatic N) is 1. The average Bonchev–Trinajstić information content (AvgIpc) is 2.75. The first kappa shape index (κ1) is 15.2. The molecule has 0 spiro atoms. The van der Waals surface area contributed by atoms with Crippen LogP contribution >= 0.6 is 11.6 Å². The number of benzene rings is 2. The van der Waals surface area contributed by atoms with Crippen molar-refractivity contribution in [2.45, 2.75) is 6.36 Å². The normalized spacial score (nSPS) is 11.8. The van der Waals surface area contributed by atoms with Crippen LogP contribution in [-0.4, -0.2) is 24.7 Å². The molecule has 8 heteroatoms. The van der Waals surface area contributed by atoms with Crippen LogP contribution in [0.15, 0.2) is 47.3 Å². The molecule has 22 heavy (non-hydrogen) atoms. The second kappa shape index (κ2) is 5.50. The first-order valence-corrected chi connectivity index (χ1v) is 8.02. The van der Waals surface area contributed by atoms with Gasteiger partial charge in [-0.05, 0) is 0 Å². The van der Waals surface area contributed by atoms with Crippen LogP contribution in [0.2, 0.25) is 5.02 Å². The van der Waals surface area contributed by atoms with Crippen LogP contribution in [-0.2, 0) is 0 Å². The Morgan fingerprint density at radius 2 is 1.86 bits per heavy atom. The molecule has 0 aliphatic carbocycles. The molecular formula is C14H7ClF3NO2Se. The fourth-order valence-electron chi connectivity index (χ4n) is 1.99. The maximum atomic E-state index is 12.5. The third-order valence-electron chi connectivity index (χ3n) is 2.86. The Labute approximate surface area is 133 Å². The molecule has 0 saturated heterocycles. The third kappa shape index (κ3) is 2.92. The molecule has 0 fully saturated rings. The van der Waals surface area contributed by atoms with Gasteiger partial charge in [-0.1, -0.05) is 0 Å². The number of hydrogen-bond donors (Lipinski definition) is 0. The molecule has 0 atom stereocenters. The van der Waals surface area contributed by atoms with Crippen LogP contribution in [0.4, 0.5) is 13.2 Å². The van der Waals surface area contributed by atoms with Gasteiger partial charge in [-0.3, -0.25) is 0 Å². The summed E-state index contributed by atoms with van der Waals surface area (Å²) in [5.74, 6) is -0.483. The van der Waals surface area contributed by atoms with E-state index in [2.05, 4.69) is 4.74 Å². The molecule has 0 unspecified atom stereocenters. The van der Waals surface area contributed by atoms with Gasteiger partial charge in [0, 0.05) is 0 Å². The van der Waals surface area contributed by atoms with Crippen LogP contribution in [0.1, 0.15) is 0 Å². The van der Waals surface area contributed by atoms with Crippen molar-refractivity contribution in [2.24, 2.45) is 0 Å². The van der Waals surface area contributed by atoms with Gasteiger partial charge in [0.05, 0.1) is 0 Å².